The van der Waals surface area contributed by atoms with Crippen molar-refractivity contribution in [2.75, 3.05) is 11.9 Å². The number of nitrogens with one attached hydrogen (secondary N) is 1. The molecule has 1 aromatic carbocycles. The first-order valence-corrected chi connectivity index (χ1v) is 7.04. The first-order valence-electron chi connectivity index (χ1n) is 5.50. The summed E-state index contributed by atoms with van der Waals surface area (Å²) in [5.41, 5.74) is 5.40. The molecule has 1 amide bonds. The molecule has 0 saturated heterocycles. The summed E-state index contributed by atoms with van der Waals surface area (Å²) in [7, 11) is -4.66. The third kappa shape index (κ3) is 5.03. The zero-order valence-corrected chi connectivity index (χ0v) is 12.0. The van der Waals surface area contributed by atoms with Gasteiger partial charge in [0.25, 0.3) is 0 Å². The molecular weight excluding hydrogens is 314 g/mol. The second-order valence-corrected chi connectivity index (χ2v) is 5.69. The lowest BCUT2D eigenvalue weighted by molar-refractivity contribution is -0.116. The smallest absolute Gasteiger partial charge is 0.330 e. The second kappa shape index (κ2) is 8.13. The van der Waals surface area contributed by atoms with E-state index in [2.05, 4.69) is 5.32 Å². The van der Waals surface area contributed by atoms with Crippen LogP contribution in [0.4, 0.5) is 14.5 Å². The van der Waals surface area contributed by atoms with E-state index >= 15 is 0 Å². The molecule has 0 bridgehead atoms. The summed E-state index contributed by atoms with van der Waals surface area (Å²) in [4.78, 5) is 10.9. The van der Waals surface area contributed by atoms with E-state index in [0.717, 1.165) is 12.1 Å². The summed E-state index contributed by atoms with van der Waals surface area (Å²) < 4.78 is 47.3. The summed E-state index contributed by atoms with van der Waals surface area (Å²) >= 11 is 0. The van der Waals surface area contributed by atoms with Gasteiger partial charge in [-0.15, -0.1) is 12.4 Å². The van der Waals surface area contributed by atoms with E-state index in [1.54, 1.807) is 0 Å². The predicted octanol–water partition coefficient (Wildman–Crippen LogP) is 1.78. The van der Waals surface area contributed by atoms with Crippen molar-refractivity contribution in [3.05, 3.63) is 24.3 Å². The quantitative estimate of drug-likeness (QED) is 0.833. The summed E-state index contributed by atoms with van der Waals surface area (Å²) in [6.45, 7) is 0.354. The van der Waals surface area contributed by atoms with Crippen LogP contribution >= 0.6 is 12.4 Å². The van der Waals surface area contributed by atoms with Gasteiger partial charge in [-0.2, -0.15) is 8.78 Å². The molecule has 1 rings (SSSR count). The molecule has 0 saturated carbocycles. The lowest BCUT2D eigenvalue weighted by Crippen LogP contribution is -2.15. The van der Waals surface area contributed by atoms with Crippen LogP contribution in [0.5, 0.6) is 0 Å². The molecule has 0 aromatic heterocycles. The van der Waals surface area contributed by atoms with Crippen molar-refractivity contribution in [3.63, 3.8) is 0 Å². The molecule has 20 heavy (non-hydrogen) atoms. The van der Waals surface area contributed by atoms with Crippen molar-refractivity contribution in [1.29, 1.82) is 0 Å². The fourth-order valence-electron chi connectivity index (χ4n) is 1.34. The zero-order valence-electron chi connectivity index (χ0n) is 10.4. The van der Waals surface area contributed by atoms with Gasteiger partial charge in [0.05, 0.1) is 4.90 Å². The van der Waals surface area contributed by atoms with Crippen molar-refractivity contribution in [2.45, 2.75) is 23.5 Å². The number of hydrogen-bond acceptors (Lipinski definition) is 4. The average molecular weight is 329 g/mol. The van der Waals surface area contributed by atoms with Gasteiger partial charge >= 0.3 is 5.76 Å². The highest BCUT2D eigenvalue weighted by molar-refractivity contribution is 7.91. The minimum Gasteiger partial charge on any atom is -0.330 e. The highest BCUT2D eigenvalue weighted by Crippen LogP contribution is 2.21. The van der Waals surface area contributed by atoms with E-state index in [0.29, 0.717) is 13.0 Å². The molecule has 1 aromatic rings. The van der Waals surface area contributed by atoms with Crippen LogP contribution in [0.15, 0.2) is 29.2 Å². The van der Waals surface area contributed by atoms with Crippen molar-refractivity contribution in [1.82, 2.24) is 0 Å². The number of sulfone groups is 1. The van der Waals surface area contributed by atoms with E-state index in [4.69, 9.17) is 5.73 Å². The Labute approximate surface area is 121 Å². The molecule has 9 heteroatoms. The number of nitrogens with two attached hydrogens (primary N) is 1. The average Bonchev–Trinajstić information content (AvgIpc) is 2.36. The number of alkyl halides is 2. The molecule has 3 N–H and O–H groups in total. The maximum atomic E-state index is 12.4. The largest absolute Gasteiger partial charge is 0.341 e. The highest BCUT2D eigenvalue weighted by Gasteiger charge is 2.26. The van der Waals surface area contributed by atoms with E-state index in [1.165, 1.54) is 12.1 Å². The molecule has 0 aliphatic rings. The van der Waals surface area contributed by atoms with Crippen molar-refractivity contribution in [2.24, 2.45) is 5.73 Å². The van der Waals surface area contributed by atoms with Crippen LogP contribution in [0, 0.1) is 0 Å². The number of hydrogen-bond donors (Lipinski definition) is 2. The normalized spacial score (nSPS) is 11.0. The Morgan fingerprint density at radius 1 is 1.35 bits per heavy atom. The molecule has 0 unspecified atom stereocenters. The van der Waals surface area contributed by atoms with Crippen molar-refractivity contribution >= 4 is 33.8 Å². The Hall–Kier alpha value is -1.25. The summed E-state index contributed by atoms with van der Waals surface area (Å²) in [5.74, 6) is -3.84. The lowest BCUT2D eigenvalue weighted by atomic mass is 10.2. The van der Waals surface area contributed by atoms with Gasteiger partial charge in [-0.1, -0.05) is 6.07 Å². The SMILES string of the molecule is Cl.NCCCC(=O)Nc1cccc(S(=O)(=O)C(F)F)c1. The van der Waals surface area contributed by atoms with Crippen LogP contribution in [0.2, 0.25) is 0 Å². The maximum absolute atomic E-state index is 12.4. The number of benzene rings is 1. The van der Waals surface area contributed by atoms with Gasteiger partial charge in [-0.3, -0.25) is 4.79 Å². The van der Waals surface area contributed by atoms with E-state index in [-0.39, 0.29) is 30.4 Å². The monoisotopic (exact) mass is 328 g/mol. The first-order chi connectivity index (χ1) is 8.87. The highest BCUT2D eigenvalue weighted by atomic mass is 35.5. The standard InChI is InChI=1S/C11H14F2N2O3S.ClH/c12-11(13)19(17,18)9-4-1-3-8(7-9)15-10(16)5-2-6-14;/h1,3-4,7,11H,2,5-6,14H2,(H,15,16);1H. The van der Waals surface area contributed by atoms with Gasteiger partial charge in [0.15, 0.2) is 0 Å². The van der Waals surface area contributed by atoms with E-state index in [9.17, 15) is 22.0 Å². The summed E-state index contributed by atoms with van der Waals surface area (Å²) in [5, 5.41) is 2.42. The van der Waals surface area contributed by atoms with Crippen LogP contribution in [0.25, 0.3) is 0 Å². The number of amides is 1. The van der Waals surface area contributed by atoms with Gasteiger partial charge in [0, 0.05) is 12.1 Å². The first kappa shape index (κ1) is 18.8. The van der Waals surface area contributed by atoms with E-state index in [1.807, 2.05) is 0 Å². The van der Waals surface area contributed by atoms with Gasteiger partial charge in [0.1, 0.15) is 0 Å². The number of anilines is 1. The fourth-order valence-corrected chi connectivity index (χ4v) is 2.11. The molecule has 0 spiro atoms. The summed E-state index contributed by atoms with van der Waals surface area (Å²) in [6, 6.07) is 4.76. The fraction of sp³-hybridized carbons (Fsp3) is 0.364. The second-order valence-electron chi connectivity index (χ2n) is 3.77. The number of carbonyl (C=O) groups excluding carboxylic acids is 1. The molecule has 0 fully saturated rings. The predicted molar refractivity (Wildman–Crippen MR) is 73.8 cm³/mol. The zero-order chi connectivity index (χ0) is 14.5. The van der Waals surface area contributed by atoms with Crippen LogP contribution in [-0.2, 0) is 14.6 Å². The number of halogens is 3. The third-order valence-electron chi connectivity index (χ3n) is 2.29. The minimum absolute atomic E-state index is 0. The number of carbonyl (C=O) groups is 1. The van der Waals surface area contributed by atoms with Gasteiger partial charge in [0.2, 0.25) is 15.7 Å². The molecule has 0 heterocycles. The minimum atomic E-state index is -4.66. The Morgan fingerprint density at radius 2 is 2.00 bits per heavy atom. The van der Waals surface area contributed by atoms with Gasteiger partial charge in [-0.05, 0) is 31.2 Å². The molecule has 114 valence electrons. The molecule has 0 aliphatic carbocycles. The molecule has 0 aliphatic heterocycles. The summed E-state index contributed by atoms with van der Waals surface area (Å²) in [6.07, 6.45) is 0.670. The molecular formula is C11H15ClF2N2O3S. The topological polar surface area (TPSA) is 89.3 Å². The maximum Gasteiger partial charge on any atom is 0.341 e. The molecule has 5 nitrogen and oxygen atoms in total. The van der Waals surface area contributed by atoms with Crippen molar-refractivity contribution in [3.8, 4) is 0 Å². The van der Waals surface area contributed by atoms with Crippen molar-refractivity contribution < 1.29 is 22.0 Å². The third-order valence-corrected chi connectivity index (χ3v) is 3.67. The van der Waals surface area contributed by atoms with E-state index < -0.39 is 20.5 Å². The van der Waals surface area contributed by atoms with Crippen LogP contribution in [0.1, 0.15) is 12.8 Å². The Balaban J connectivity index is 0.00000361. The van der Waals surface area contributed by atoms with Gasteiger partial charge < -0.3 is 11.1 Å². The Kier molecular flexibility index (Phi) is 7.62. The lowest BCUT2D eigenvalue weighted by Gasteiger charge is -2.07. The molecule has 0 radical (unpaired) electrons. The molecule has 0 atom stereocenters. The number of rotatable bonds is 6. The Morgan fingerprint density at radius 3 is 2.55 bits per heavy atom. The van der Waals surface area contributed by atoms with Gasteiger partial charge in [-0.25, -0.2) is 8.42 Å². The van der Waals surface area contributed by atoms with Crippen LogP contribution in [0.3, 0.4) is 0 Å². The van der Waals surface area contributed by atoms with Crippen LogP contribution in [-0.4, -0.2) is 26.6 Å². The Bertz CT molecular complexity index is 552. The van der Waals surface area contributed by atoms with Crippen LogP contribution < -0.4 is 11.1 Å².